The van der Waals surface area contributed by atoms with E-state index in [0.717, 1.165) is 27.7 Å². The van der Waals surface area contributed by atoms with E-state index in [2.05, 4.69) is 4.99 Å². The minimum absolute atomic E-state index is 0.634. The lowest BCUT2D eigenvalue weighted by Gasteiger charge is -2.08. The molecule has 3 rings (SSSR count). The van der Waals surface area contributed by atoms with Crippen LogP contribution in [0.15, 0.2) is 65.8 Å². The van der Waals surface area contributed by atoms with E-state index in [1.165, 1.54) is 0 Å². The van der Waals surface area contributed by atoms with Crippen LogP contribution in [-0.2, 0) is 0 Å². The normalized spacial score (nSPS) is 11.2. The van der Waals surface area contributed by atoms with Crippen LogP contribution in [-0.4, -0.2) is 10.8 Å². The summed E-state index contributed by atoms with van der Waals surface area (Å²) in [5.74, 6) is 0. The summed E-state index contributed by atoms with van der Waals surface area (Å²) in [4.78, 5) is 4.46. The maximum atomic E-state index is 6.21. The fourth-order valence-electron chi connectivity index (χ4n) is 2.16. The van der Waals surface area contributed by atoms with Crippen LogP contribution in [0.5, 0.6) is 0 Å². The van der Waals surface area contributed by atoms with Crippen LogP contribution in [0.2, 0.25) is 10.0 Å². The number of aliphatic imine (C=N–C) groups is 1. The van der Waals surface area contributed by atoms with Gasteiger partial charge in [-0.15, -0.1) is 0 Å². The van der Waals surface area contributed by atoms with Crippen molar-refractivity contribution in [3.63, 3.8) is 0 Å². The highest BCUT2D eigenvalue weighted by Crippen LogP contribution is 2.24. The van der Waals surface area contributed by atoms with Crippen molar-refractivity contribution in [1.82, 2.24) is 4.57 Å². The van der Waals surface area contributed by atoms with Gasteiger partial charge >= 0.3 is 0 Å². The Labute approximate surface area is 139 Å². The van der Waals surface area contributed by atoms with Crippen molar-refractivity contribution >= 4 is 35.1 Å². The van der Waals surface area contributed by atoms with E-state index in [1.807, 2.05) is 72.3 Å². The smallest absolute Gasteiger partial charge is 0.0816 e. The molecule has 0 unspecified atom stereocenters. The first kappa shape index (κ1) is 14.9. The molecule has 0 radical (unpaired) electrons. The van der Waals surface area contributed by atoms with Gasteiger partial charge in [-0.3, -0.25) is 4.99 Å². The van der Waals surface area contributed by atoms with E-state index in [4.69, 9.17) is 23.2 Å². The van der Waals surface area contributed by atoms with E-state index in [0.29, 0.717) is 5.02 Å². The van der Waals surface area contributed by atoms with Crippen molar-refractivity contribution in [3.05, 3.63) is 82.1 Å². The SMILES string of the molecule is Cc1ccc(-n2cccc2C=Nc2ccccc2Cl)cc1Cl. The minimum atomic E-state index is 0.634. The van der Waals surface area contributed by atoms with Crippen LogP contribution in [0.1, 0.15) is 11.3 Å². The Hall–Kier alpha value is -2.03. The second kappa shape index (κ2) is 6.39. The molecule has 3 aromatic rings. The number of nitrogens with zero attached hydrogens (tertiary/aromatic N) is 2. The van der Waals surface area contributed by atoms with Gasteiger partial charge in [-0.05, 0) is 48.9 Å². The molecule has 0 atom stereocenters. The van der Waals surface area contributed by atoms with Gasteiger partial charge in [0.25, 0.3) is 0 Å². The van der Waals surface area contributed by atoms with Crippen molar-refractivity contribution < 1.29 is 0 Å². The van der Waals surface area contributed by atoms with Crippen LogP contribution in [0.25, 0.3) is 5.69 Å². The largest absolute Gasteiger partial charge is 0.316 e. The number of rotatable bonds is 3. The first-order chi connectivity index (χ1) is 10.6. The first-order valence-corrected chi connectivity index (χ1v) is 7.63. The number of hydrogen-bond donors (Lipinski definition) is 0. The zero-order valence-corrected chi connectivity index (χ0v) is 13.5. The molecule has 0 N–H and O–H groups in total. The summed E-state index contributed by atoms with van der Waals surface area (Å²) in [6.07, 6.45) is 3.78. The first-order valence-electron chi connectivity index (χ1n) is 6.87. The van der Waals surface area contributed by atoms with Gasteiger partial charge in [0.2, 0.25) is 0 Å². The van der Waals surface area contributed by atoms with Crippen molar-refractivity contribution in [1.29, 1.82) is 0 Å². The molecular weight excluding hydrogens is 315 g/mol. The number of halogens is 2. The van der Waals surface area contributed by atoms with Crippen LogP contribution in [0.3, 0.4) is 0 Å². The summed E-state index contributed by atoms with van der Waals surface area (Å²) in [7, 11) is 0. The monoisotopic (exact) mass is 328 g/mol. The number of hydrogen-bond acceptors (Lipinski definition) is 1. The highest BCUT2D eigenvalue weighted by atomic mass is 35.5. The third-order valence-corrected chi connectivity index (χ3v) is 4.13. The van der Waals surface area contributed by atoms with Gasteiger partial charge < -0.3 is 4.57 Å². The van der Waals surface area contributed by atoms with Crippen LogP contribution >= 0.6 is 23.2 Å². The van der Waals surface area contributed by atoms with E-state index in [1.54, 1.807) is 6.21 Å². The lowest BCUT2D eigenvalue weighted by molar-refractivity contribution is 1.06. The molecule has 2 aromatic carbocycles. The molecule has 0 amide bonds. The van der Waals surface area contributed by atoms with Gasteiger partial charge in [0.1, 0.15) is 0 Å². The molecule has 0 aliphatic rings. The predicted molar refractivity (Wildman–Crippen MR) is 94.2 cm³/mol. The second-order valence-electron chi connectivity index (χ2n) is 4.95. The predicted octanol–water partition coefficient (Wildman–Crippen LogP) is 5.84. The fraction of sp³-hybridized carbons (Fsp3) is 0.0556. The minimum Gasteiger partial charge on any atom is -0.316 e. The molecule has 0 saturated carbocycles. The number of para-hydroxylation sites is 1. The van der Waals surface area contributed by atoms with E-state index < -0.39 is 0 Å². The van der Waals surface area contributed by atoms with Crippen LogP contribution in [0, 0.1) is 6.92 Å². The number of aryl methyl sites for hydroxylation is 1. The van der Waals surface area contributed by atoms with E-state index >= 15 is 0 Å². The Morgan fingerprint density at radius 2 is 1.77 bits per heavy atom. The van der Waals surface area contributed by atoms with Gasteiger partial charge in [-0.1, -0.05) is 41.4 Å². The van der Waals surface area contributed by atoms with Gasteiger partial charge in [-0.2, -0.15) is 0 Å². The average molecular weight is 329 g/mol. The molecule has 0 aliphatic carbocycles. The second-order valence-corrected chi connectivity index (χ2v) is 5.76. The third-order valence-electron chi connectivity index (χ3n) is 3.40. The highest BCUT2D eigenvalue weighted by Gasteiger charge is 2.04. The Bertz CT molecular complexity index is 835. The maximum Gasteiger partial charge on any atom is 0.0816 e. The Morgan fingerprint density at radius 1 is 0.955 bits per heavy atom. The lowest BCUT2D eigenvalue weighted by Crippen LogP contribution is -1.98. The van der Waals surface area contributed by atoms with Crippen molar-refractivity contribution in [3.8, 4) is 5.69 Å². The molecule has 0 bridgehead atoms. The van der Waals surface area contributed by atoms with Crippen molar-refractivity contribution in [2.75, 3.05) is 0 Å². The summed E-state index contributed by atoms with van der Waals surface area (Å²) in [6, 6.07) is 17.5. The molecule has 1 aromatic heterocycles. The zero-order valence-electron chi connectivity index (χ0n) is 12.0. The zero-order chi connectivity index (χ0) is 15.5. The summed E-state index contributed by atoms with van der Waals surface area (Å²) in [5, 5.41) is 1.38. The lowest BCUT2D eigenvalue weighted by atomic mass is 10.2. The summed E-state index contributed by atoms with van der Waals surface area (Å²) in [6.45, 7) is 1.99. The maximum absolute atomic E-state index is 6.21. The molecule has 110 valence electrons. The Morgan fingerprint density at radius 3 is 2.55 bits per heavy atom. The van der Waals surface area contributed by atoms with Crippen LogP contribution < -0.4 is 0 Å². The molecule has 4 heteroatoms. The summed E-state index contributed by atoms with van der Waals surface area (Å²) >= 11 is 12.3. The molecule has 0 saturated heterocycles. The van der Waals surface area contributed by atoms with Gasteiger partial charge in [0, 0.05) is 16.9 Å². The van der Waals surface area contributed by atoms with E-state index in [-0.39, 0.29) is 0 Å². The quantitative estimate of drug-likeness (QED) is 0.537. The number of benzene rings is 2. The Balaban J connectivity index is 1.95. The topological polar surface area (TPSA) is 17.3 Å². The van der Waals surface area contributed by atoms with Crippen LogP contribution in [0.4, 0.5) is 5.69 Å². The van der Waals surface area contributed by atoms with Gasteiger partial charge in [0.15, 0.2) is 0 Å². The molecule has 22 heavy (non-hydrogen) atoms. The fourth-order valence-corrected chi connectivity index (χ4v) is 2.52. The molecular formula is C18H14Cl2N2. The summed E-state index contributed by atoms with van der Waals surface area (Å²) in [5.41, 5.74) is 3.77. The molecule has 0 fully saturated rings. The van der Waals surface area contributed by atoms with Crippen molar-refractivity contribution in [2.24, 2.45) is 4.99 Å². The number of aromatic nitrogens is 1. The molecule has 1 heterocycles. The standard InChI is InChI=1S/C18H14Cl2N2/c1-13-8-9-14(11-17(13)20)22-10-4-5-15(22)12-21-18-7-3-2-6-16(18)19/h2-12H,1H3. The molecule has 0 aliphatic heterocycles. The highest BCUT2D eigenvalue weighted by molar-refractivity contribution is 6.33. The van der Waals surface area contributed by atoms with Crippen molar-refractivity contribution in [2.45, 2.75) is 6.92 Å². The molecule has 2 nitrogen and oxygen atoms in total. The Kier molecular flexibility index (Phi) is 4.32. The third kappa shape index (κ3) is 3.08. The van der Waals surface area contributed by atoms with Gasteiger partial charge in [0.05, 0.1) is 22.6 Å². The average Bonchev–Trinajstić information content (AvgIpc) is 2.98. The molecule has 0 spiro atoms. The van der Waals surface area contributed by atoms with E-state index in [9.17, 15) is 0 Å². The van der Waals surface area contributed by atoms with Gasteiger partial charge in [-0.25, -0.2) is 0 Å². The summed E-state index contributed by atoms with van der Waals surface area (Å²) < 4.78 is 2.03.